The van der Waals surface area contributed by atoms with Crippen LogP contribution in [0.2, 0.25) is 0 Å². The van der Waals surface area contributed by atoms with E-state index in [2.05, 4.69) is 20.3 Å². The van der Waals surface area contributed by atoms with Gasteiger partial charge in [-0.3, -0.25) is 5.32 Å². The fraction of sp³-hybridized carbons (Fsp3) is 0.200. The van der Waals surface area contributed by atoms with E-state index in [0.717, 1.165) is 11.1 Å². The molecule has 0 aliphatic heterocycles. The number of amides is 2. The van der Waals surface area contributed by atoms with Gasteiger partial charge in [0.25, 0.3) is 0 Å². The minimum Gasteiger partial charge on any atom is -0.330 e. The van der Waals surface area contributed by atoms with E-state index in [9.17, 15) is 13.2 Å². The van der Waals surface area contributed by atoms with Gasteiger partial charge in [-0.05, 0) is 31.0 Å². The number of carbonyl (C=O) groups excluding carboxylic acids is 1. The van der Waals surface area contributed by atoms with Crippen LogP contribution in [0.4, 0.5) is 9.93 Å². The van der Waals surface area contributed by atoms with Crippen molar-refractivity contribution >= 4 is 32.5 Å². The Hall–Kier alpha value is -2.75. The number of hydrogen-bond donors (Lipinski definition) is 3. The Balaban J connectivity index is 1.75. The number of sulfonamides is 1. The fourth-order valence-corrected chi connectivity index (χ4v) is 4.68. The predicted molar refractivity (Wildman–Crippen MR) is 115 cm³/mol. The molecule has 0 saturated carbocycles. The highest BCUT2D eigenvalue weighted by molar-refractivity contribution is 7.89. The number of anilines is 1. The van der Waals surface area contributed by atoms with E-state index in [1.807, 2.05) is 43.3 Å². The number of nitrogens with zero attached hydrogens (tertiary/aromatic N) is 1. The minimum atomic E-state index is -3.73. The summed E-state index contributed by atoms with van der Waals surface area (Å²) in [5.74, 6) is 0. The first-order chi connectivity index (χ1) is 13.8. The first-order valence-electron chi connectivity index (χ1n) is 8.94. The third-order valence-corrected chi connectivity index (χ3v) is 6.53. The number of benzene rings is 2. The Morgan fingerprint density at radius 1 is 1.14 bits per heavy atom. The molecule has 2 amide bonds. The number of nitrogens with one attached hydrogen (secondary N) is 3. The van der Waals surface area contributed by atoms with Gasteiger partial charge in [-0.1, -0.05) is 48.0 Å². The molecule has 0 radical (unpaired) electrons. The molecule has 152 valence electrons. The molecule has 3 rings (SSSR count). The van der Waals surface area contributed by atoms with Crippen molar-refractivity contribution in [3.8, 4) is 0 Å². The van der Waals surface area contributed by atoms with Crippen LogP contribution < -0.4 is 15.4 Å². The predicted octanol–water partition coefficient (Wildman–Crippen LogP) is 3.60. The zero-order valence-corrected chi connectivity index (χ0v) is 17.7. The Morgan fingerprint density at radius 3 is 2.55 bits per heavy atom. The number of rotatable bonds is 7. The fourth-order valence-electron chi connectivity index (χ4n) is 2.89. The number of urea groups is 1. The molecule has 2 aromatic carbocycles. The Kier molecular flexibility index (Phi) is 6.63. The Labute approximate surface area is 174 Å². The Bertz CT molecular complexity index is 1070. The van der Waals surface area contributed by atoms with Crippen molar-refractivity contribution < 1.29 is 13.2 Å². The molecule has 0 aliphatic carbocycles. The zero-order valence-electron chi connectivity index (χ0n) is 16.0. The van der Waals surface area contributed by atoms with E-state index in [0.29, 0.717) is 10.7 Å². The summed E-state index contributed by atoms with van der Waals surface area (Å²) < 4.78 is 28.2. The van der Waals surface area contributed by atoms with Crippen molar-refractivity contribution in [1.29, 1.82) is 0 Å². The zero-order chi connectivity index (χ0) is 20.9. The standard InChI is InChI=1S/C20H22N4O3S2/c1-14-8-9-18(15(2)12-14)29(26,27)22-13-17(16-6-4-3-5-7-16)23-19(25)24-20-21-10-11-28-20/h3-12,17,22H,13H2,1-2H3,(H2,21,23,24,25). The summed E-state index contributed by atoms with van der Waals surface area (Å²) in [7, 11) is -3.73. The average Bonchev–Trinajstić information content (AvgIpc) is 3.18. The van der Waals surface area contributed by atoms with Crippen molar-refractivity contribution in [2.75, 3.05) is 11.9 Å². The summed E-state index contributed by atoms with van der Waals surface area (Å²) in [6.07, 6.45) is 1.59. The maximum absolute atomic E-state index is 12.8. The van der Waals surface area contributed by atoms with Crippen LogP contribution in [-0.4, -0.2) is 26.0 Å². The van der Waals surface area contributed by atoms with Crippen LogP contribution in [0.1, 0.15) is 22.7 Å². The molecule has 29 heavy (non-hydrogen) atoms. The molecule has 0 spiro atoms. The van der Waals surface area contributed by atoms with E-state index in [1.165, 1.54) is 11.3 Å². The topological polar surface area (TPSA) is 100 Å². The lowest BCUT2D eigenvalue weighted by atomic mass is 10.1. The highest BCUT2D eigenvalue weighted by Gasteiger charge is 2.21. The molecule has 0 aliphatic rings. The van der Waals surface area contributed by atoms with Crippen molar-refractivity contribution in [3.05, 3.63) is 76.8 Å². The third kappa shape index (κ3) is 5.63. The summed E-state index contributed by atoms with van der Waals surface area (Å²) in [4.78, 5) is 16.6. The second-order valence-electron chi connectivity index (χ2n) is 6.52. The number of carbonyl (C=O) groups is 1. The lowest BCUT2D eigenvalue weighted by molar-refractivity contribution is 0.248. The van der Waals surface area contributed by atoms with E-state index in [-0.39, 0.29) is 11.4 Å². The molecule has 1 unspecified atom stereocenters. The number of aromatic nitrogens is 1. The number of aryl methyl sites for hydroxylation is 2. The molecule has 3 N–H and O–H groups in total. The minimum absolute atomic E-state index is 0.00491. The maximum Gasteiger partial charge on any atom is 0.321 e. The van der Waals surface area contributed by atoms with Gasteiger partial charge >= 0.3 is 6.03 Å². The Morgan fingerprint density at radius 2 is 1.90 bits per heavy atom. The van der Waals surface area contributed by atoms with Gasteiger partial charge in [-0.2, -0.15) is 0 Å². The smallest absolute Gasteiger partial charge is 0.321 e. The van der Waals surface area contributed by atoms with Crippen LogP contribution in [0.25, 0.3) is 0 Å². The quantitative estimate of drug-likeness (QED) is 0.533. The van der Waals surface area contributed by atoms with Gasteiger partial charge in [-0.15, -0.1) is 11.3 Å². The molecule has 0 saturated heterocycles. The SMILES string of the molecule is Cc1ccc(S(=O)(=O)NCC(NC(=O)Nc2nccs2)c2ccccc2)c(C)c1. The van der Waals surface area contributed by atoms with Crippen LogP contribution in [0.15, 0.2) is 65.0 Å². The first kappa shape index (κ1) is 21.0. The van der Waals surface area contributed by atoms with Crippen molar-refractivity contribution in [1.82, 2.24) is 15.0 Å². The molecule has 1 atom stereocenters. The van der Waals surface area contributed by atoms with Gasteiger partial charge in [0.2, 0.25) is 10.0 Å². The third-order valence-electron chi connectivity index (χ3n) is 4.26. The van der Waals surface area contributed by atoms with Gasteiger partial charge in [-0.25, -0.2) is 22.9 Å². The van der Waals surface area contributed by atoms with Gasteiger partial charge < -0.3 is 5.32 Å². The van der Waals surface area contributed by atoms with Gasteiger partial charge in [0, 0.05) is 18.1 Å². The first-order valence-corrected chi connectivity index (χ1v) is 11.3. The highest BCUT2D eigenvalue weighted by atomic mass is 32.2. The summed E-state index contributed by atoms with van der Waals surface area (Å²) in [5, 5.41) is 7.67. The lowest BCUT2D eigenvalue weighted by Crippen LogP contribution is -2.39. The van der Waals surface area contributed by atoms with Crippen LogP contribution in [-0.2, 0) is 10.0 Å². The summed E-state index contributed by atoms with van der Waals surface area (Å²) in [6, 6.07) is 13.3. The van der Waals surface area contributed by atoms with Crippen molar-refractivity contribution in [3.63, 3.8) is 0 Å². The molecule has 0 fully saturated rings. The van der Waals surface area contributed by atoms with Gasteiger partial charge in [0.1, 0.15) is 0 Å². The lowest BCUT2D eigenvalue weighted by Gasteiger charge is -2.20. The maximum atomic E-state index is 12.8. The summed E-state index contributed by atoms with van der Waals surface area (Å²) >= 11 is 1.30. The molecule has 1 heterocycles. The van der Waals surface area contributed by atoms with Crippen LogP contribution in [0.5, 0.6) is 0 Å². The van der Waals surface area contributed by atoms with Gasteiger partial charge in [0.05, 0.1) is 10.9 Å². The van der Waals surface area contributed by atoms with Crippen molar-refractivity contribution in [2.45, 2.75) is 24.8 Å². The van der Waals surface area contributed by atoms with Gasteiger partial charge in [0.15, 0.2) is 5.13 Å². The van der Waals surface area contributed by atoms with E-state index >= 15 is 0 Å². The molecule has 9 heteroatoms. The molecular weight excluding hydrogens is 408 g/mol. The average molecular weight is 431 g/mol. The molecule has 3 aromatic rings. The summed E-state index contributed by atoms with van der Waals surface area (Å²) in [6.45, 7) is 3.67. The largest absolute Gasteiger partial charge is 0.330 e. The van der Waals surface area contributed by atoms with E-state index < -0.39 is 22.1 Å². The summed E-state index contributed by atoms with van der Waals surface area (Å²) in [5.41, 5.74) is 2.44. The number of thiazole rings is 1. The second kappa shape index (κ2) is 9.17. The van der Waals surface area contributed by atoms with Crippen molar-refractivity contribution in [2.24, 2.45) is 0 Å². The van der Waals surface area contributed by atoms with Crippen LogP contribution >= 0.6 is 11.3 Å². The molecular formula is C20H22N4O3S2. The molecule has 1 aromatic heterocycles. The monoisotopic (exact) mass is 430 g/mol. The van der Waals surface area contributed by atoms with Crippen LogP contribution in [0.3, 0.4) is 0 Å². The molecule has 7 nitrogen and oxygen atoms in total. The normalized spacial score (nSPS) is 12.3. The second-order valence-corrected chi connectivity index (χ2v) is 9.15. The van der Waals surface area contributed by atoms with Crippen LogP contribution in [0, 0.1) is 13.8 Å². The highest BCUT2D eigenvalue weighted by Crippen LogP contribution is 2.18. The molecule has 0 bridgehead atoms. The van der Waals surface area contributed by atoms with E-state index in [4.69, 9.17) is 0 Å². The van der Waals surface area contributed by atoms with E-state index in [1.54, 1.807) is 30.6 Å². The number of hydrogen-bond acceptors (Lipinski definition) is 5.